The zero-order chi connectivity index (χ0) is 6.41. The maximum Gasteiger partial charge on any atom is 0.0203 e. The Hall–Kier alpha value is -0.590. The highest BCUT2D eigenvalue weighted by Crippen LogP contribution is 1.93. The van der Waals surface area contributed by atoms with Crippen molar-refractivity contribution in [1.82, 2.24) is 0 Å². The SMILES string of the molecule is CCC/C=C(/C)C=N. The molecule has 0 fully saturated rings. The van der Waals surface area contributed by atoms with Crippen molar-refractivity contribution in [3.05, 3.63) is 11.6 Å². The van der Waals surface area contributed by atoms with Crippen LogP contribution in [-0.4, -0.2) is 6.21 Å². The number of rotatable bonds is 3. The van der Waals surface area contributed by atoms with Gasteiger partial charge in [0.05, 0.1) is 0 Å². The molecule has 0 aromatic heterocycles. The van der Waals surface area contributed by atoms with E-state index in [0.29, 0.717) is 0 Å². The molecule has 0 spiro atoms. The minimum atomic E-state index is 1.06. The molecule has 0 heterocycles. The lowest BCUT2D eigenvalue weighted by molar-refractivity contribution is 0.954. The van der Waals surface area contributed by atoms with E-state index in [1.165, 1.54) is 12.6 Å². The Morgan fingerprint density at radius 2 is 2.25 bits per heavy atom. The minimum absolute atomic E-state index is 1.06. The van der Waals surface area contributed by atoms with Crippen molar-refractivity contribution in [3.63, 3.8) is 0 Å². The summed E-state index contributed by atoms with van der Waals surface area (Å²) in [6.07, 6.45) is 5.73. The smallest absolute Gasteiger partial charge is 0.0203 e. The van der Waals surface area contributed by atoms with Gasteiger partial charge in [-0.15, -0.1) is 0 Å². The highest BCUT2D eigenvalue weighted by molar-refractivity contribution is 5.74. The van der Waals surface area contributed by atoms with Crippen molar-refractivity contribution in [1.29, 1.82) is 5.41 Å². The maximum absolute atomic E-state index is 6.79. The summed E-state index contributed by atoms with van der Waals surface area (Å²) in [6.45, 7) is 4.08. The molecule has 8 heavy (non-hydrogen) atoms. The first-order chi connectivity index (χ1) is 3.81. The van der Waals surface area contributed by atoms with E-state index in [1.54, 1.807) is 0 Å². The van der Waals surface area contributed by atoms with Crippen molar-refractivity contribution in [2.75, 3.05) is 0 Å². The fraction of sp³-hybridized carbons (Fsp3) is 0.571. The zero-order valence-corrected chi connectivity index (χ0v) is 5.57. The van der Waals surface area contributed by atoms with Gasteiger partial charge in [0.2, 0.25) is 0 Å². The molecule has 46 valence electrons. The summed E-state index contributed by atoms with van der Waals surface area (Å²) in [5.41, 5.74) is 1.06. The normalized spacial score (nSPS) is 11.5. The quantitative estimate of drug-likeness (QED) is 0.541. The fourth-order valence-electron chi connectivity index (χ4n) is 0.431. The molecule has 1 nitrogen and oxygen atoms in total. The van der Waals surface area contributed by atoms with E-state index in [-0.39, 0.29) is 0 Å². The first-order valence-electron chi connectivity index (χ1n) is 2.98. The van der Waals surface area contributed by atoms with Gasteiger partial charge in [0.15, 0.2) is 0 Å². The van der Waals surface area contributed by atoms with Crippen molar-refractivity contribution in [2.45, 2.75) is 26.7 Å². The summed E-state index contributed by atoms with van der Waals surface area (Å²) in [4.78, 5) is 0. The van der Waals surface area contributed by atoms with Crippen LogP contribution in [0.1, 0.15) is 26.7 Å². The Bertz CT molecular complexity index is 92.6. The predicted octanol–water partition coefficient (Wildman–Crippen LogP) is 2.38. The van der Waals surface area contributed by atoms with Crippen molar-refractivity contribution < 1.29 is 0 Å². The van der Waals surface area contributed by atoms with Gasteiger partial charge in [0, 0.05) is 6.21 Å². The van der Waals surface area contributed by atoms with Gasteiger partial charge in [0.25, 0.3) is 0 Å². The fourth-order valence-corrected chi connectivity index (χ4v) is 0.431. The Morgan fingerprint density at radius 1 is 1.62 bits per heavy atom. The molecule has 0 aliphatic carbocycles. The van der Waals surface area contributed by atoms with E-state index in [9.17, 15) is 0 Å². The van der Waals surface area contributed by atoms with E-state index in [1.807, 2.05) is 6.92 Å². The second-order valence-electron chi connectivity index (χ2n) is 1.88. The summed E-state index contributed by atoms with van der Waals surface area (Å²) in [7, 11) is 0. The molecule has 0 aromatic carbocycles. The molecule has 0 aliphatic heterocycles. The van der Waals surface area contributed by atoms with Crippen molar-refractivity contribution in [3.8, 4) is 0 Å². The largest absolute Gasteiger partial charge is 0.308 e. The molecule has 0 saturated carbocycles. The standard InChI is InChI=1S/C7H13N/c1-3-4-5-7(2)6-8/h5-6,8H,3-4H2,1-2H3/b7-5-,8-6?. The molecule has 0 aromatic rings. The second-order valence-corrected chi connectivity index (χ2v) is 1.88. The molecule has 0 aliphatic rings. The van der Waals surface area contributed by atoms with Gasteiger partial charge in [-0.3, -0.25) is 0 Å². The molecule has 0 saturated heterocycles. The monoisotopic (exact) mass is 111 g/mol. The van der Waals surface area contributed by atoms with Crippen LogP contribution in [0.3, 0.4) is 0 Å². The van der Waals surface area contributed by atoms with E-state index in [0.717, 1.165) is 12.0 Å². The summed E-state index contributed by atoms with van der Waals surface area (Å²) >= 11 is 0. The number of unbranched alkanes of at least 4 members (excludes halogenated alkanes) is 1. The highest BCUT2D eigenvalue weighted by Gasteiger charge is 1.77. The number of allylic oxidation sites excluding steroid dienone is 2. The summed E-state index contributed by atoms with van der Waals surface area (Å²) in [5.74, 6) is 0. The topological polar surface area (TPSA) is 23.9 Å². The van der Waals surface area contributed by atoms with Crippen LogP contribution in [0.25, 0.3) is 0 Å². The molecule has 0 radical (unpaired) electrons. The van der Waals surface area contributed by atoms with Gasteiger partial charge in [0.1, 0.15) is 0 Å². The Balaban J connectivity index is 3.40. The molecular weight excluding hydrogens is 98.1 g/mol. The van der Waals surface area contributed by atoms with E-state index in [2.05, 4.69) is 13.0 Å². The summed E-state index contributed by atoms with van der Waals surface area (Å²) in [5, 5.41) is 6.79. The van der Waals surface area contributed by atoms with Crippen LogP contribution in [0.5, 0.6) is 0 Å². The van der Waals surface area contributed by atoms with E-state index >= 15 is 0 Å². The van der Waals surface area contributed by atoms with Crippen LogP contribution in [0.2, 0.25) is 0 Å². The van der Waals surface area contributed by atoms with Gasteiger partial charge in [-0.2, -0.15) is 0 Å². The molecule has 0 rings (SSSR count). The molecule has 0 bridgehead atoms. The number of hydrogen-bond donors (Lipinski definition) is 1. The molecule has 0 unspecified atom stereocenters. The lowest BCUT2D eigenvalue weighted by atomic mass is 10.2. The lowest BCUT2D eigenvalue weighted by Gasteiger charge is -1.86. The molecule has 1 heteroatoms. The van der Waals surface area contributed by atoms with Crippen molar-refractivity contribution in [2.24, 2.45) is 0 Å². The van der Waals surface area contributed by atoms with Crippen molar-refractivity contribution >= 4 is 6.21 Å². The van der Waals surface area contributed by atoms with Gasteiger partial charge in [-0.05, 0) is 18.9 Å². The maximum atomic E-state index is 6.79. The van der Waals surface area contributed by atoms with Gasteiger partial charge < -0.3 is 5.41 Å². The molecular formula is C7H13N. The Kier molecular flexibility index (Phi) is 4.23. The number of nitrogens with one attached hydrogen (secondary N) is 1. The van der Waals surface area contributed by atoms with Gasteiger partial charge in [-0.1, -0.05) is 19.4 Å². The van der Waals surface area contributed by atoms with Crippen LogP contribution >= 0.6 is 0 Å². The Labute approximate surface area is 50.9 Å². The van der Waals surface area contributed by atoms with Gasteiger partial charge in [-0.25, -0.2) is 0 Å². The van der Waals surface area contributed by atoms with Crippen LogP contribution in [0, 0.1) is 5.41 Å². The summed E-state index contributed by atoms with van der Waals surface area (Å²) < 4.78 is 0. The highest BCUT2D eigenvalue weighted by atomic mass is 14.3. The minimum Gasteiger partial charge on any atom is -0.308 e. The van der Waals surface area contributed by atoms with Crippen LogP contribution < -0.4 is 0 Å². The molecule has 0 amide bonds. The average molecular weight is 111 g/mol. The van der Waals surface area contributed by atoms with Crippen LogP contribution in [0.15, 0.2) is 11.6 Å². The third-order valence-electron chi connectivity index (χ3n) is 0.983. The van der Waals surface area contributed by atoms with Crippen LogP contribution in [0.4, 0.5) is 0 Å². The lowest BCUT2D eigenvalue weighted by Crippen LogP contribution is -1.73. The summed E-state index contributed by atoms with van der Waals surface area (Å²) in [6, 6.07) is 0. The van der Waals surface area contributed by atoms with E-state index < -0.39 is 0 Å². The first kappa shape index (κ1) is 7.41. The number of hydrogen-bond acceptors (Lipinski definition) is 1. The zero-order valence-electron chi connectivity index (χ0n) is 5.57. The first-order valence-corrected chi connectivity index (χ1v) is 2.98. The third kappa shape index (κ3) is 3.59. The van der Waals surface area contributed by atoms with E-state index in [4.69, 9.17) is 5.41 Å². The second kappa shape index (κ2) is 4.57. The third-order valence-corrected chi connectivity index (χ3v) is 0.983. The molecule has 0 atom stereocenters. The molecule has 1 N–H and O–H groups in total. The average Bonchev–Trinajstić information content (AvgIpc) is 1.83. The van der Waals surface area contributed by atoms with Gasteiger partial charge >= 0.3 is 0 Å². The predicted molar refractivity (Wildman–Crippen MR) is 37.4 cm³/mol. The van der Waals surface area contributed by atoms with Crippen LogP contribution in [-0.2, 0) is 0 Å². The Morgan fingerprint density at radius 3 is 2.62 bits per heavy atom.